The van der Waals surface area contributed by atoms with Crippen LogP contribution in [0.25, 0.3) is 0 Å². The Hall–Kier alpha value is -3.12. The summed E-state index contributed by atoms with van der Waals surface area (Å²) in [7, 11) is 0. The molecule has 6 nitrogen and oxygen atoms in total. The second-order valence-corrected chi connectivity index (χ2v) is 8.41. The fraction of sp³-hybridized carbons (Fsp3) is 0.360. The van der Waals surface area contributed by atoms with E-state index in [0.717, 1.165) is 18.0 Å². The van der Waals surface area contributed by atoms with E-state index in [-0.39, 0.29) is 17.2 Å². The summed E-state index contributed by atoms with van der Waals surface area (Å²) in [5, 5.41) is 2.90. The van der Waals surface area contributed by atoms with E-state index in [1.54, 1.807) is 30.5 Å². The van der Waals surface area contributed by atoms with E-state index in [0.29, 0.717) is 18.8 Å². The number of carbonyl (C=O) groups excluding carboxylic acids is 1. The van der Waals surface area contributed by atoms with E-state index in [4.69, 9.17) is 4.42 Å². The number of rotatable bonds is 7. The van der Waals surface area contributed by atoms with E-state index in [1.165, 1.54) is 42.1 Å². The Kier molecular flexibility index (Phi) is 6.67. The quantitative estimate of drug-likeness (QED) is 0.635. The number of hydrogen-bond donors (Lipinski definition) is 1. The van der Waals surface area contributed by atoms with Crippen molar-refractivity contribution in [2.75, 3.05) is 13.1 Å². The molecule has 0 aliphatic carbocycles. The lowest BCUT2D eigenvalue weighted by molar-refractivity contribution is 0.0921. The Bertz CT molecular complexity index is 1070. The van der Waals surface area contributed by atoms with E-state index in [2.05, 4.69) is 41.4 Å². The highest BCUT2D eigenvalue weighted by Gasteiger charge is 2.16. The van der Waals surface area contributed by atoms with Crippen molar-refractivity contribution in [3.05, 3.63) is 93.8 Å². The fourth-order valence-corrected chi connectivity index (χ4v) is 4.06. The number of furan rings is 1. The van der Waals surface area contributed by atoms with Crippen LogP contribution in [0, 0.1) is 5.92 Å². The van der Waals surface area contributed by atoms with E-state index >= 15 is 0 Å². The number of benzene rings is 1. The minimum absolute atomic E-state index is 0.108. The largest absolute Gasteiger partial charge is 0.454 e. The summed E-state index contributed by atoms with van der Waals surface area (Å²) >= 11 is 0. The molecule has 3 heterocycles. The molecule has 0 saturated carbocycles. The lowest BCUT2D eigenvalue weighted by Gasteiger charge is -2.30. The smallest absolute Gasteiger partial charge is 0.287 e. The predicted octanol–water partition coefficient (Wildman–Crippen LogP) is 3.65. The number of likely N-dealkylation sites (tertiary alicyclic amines) is 1. The van der Waals surface area contributed by atoms with Crippen LogP contribution >= 0.6 is 0 Å². The van der Waals surface area contributed by atoms with Gasteiger partial charge in [-0.15, -0.1) is 0 Å². The standard InChI is InChI=1S/C25H29N3O3/c1-19-5-4-13-27(16-19)17-21-9-7-20(8-10-21)15-26-25(30)23-12-11-22(31-23)18-28-14-3-2-6-24(28)29/h2-3,6-12,14,19H,4-5,13,15-18H2,1H3,(H,26,30)/t19-/m0/s1. The van der Waals surface area contributed by atoms with Gasteiger partial charge in [0.1, 0.15) is 5.76 Å². The molecule has 6 heteroatoms. The summed E-state index contributed by atoms with van der Waals surface area (Å²) in [6.45, 7) is 6.38. The van der Waals surface area contributed by atoms with Crippen molar-refractivity contribution < 1.29 is 9.21 Å². The van der Waals surface area contributed by atoms with Gasteiger partial charge in [0.2, 0.25) is 0 Å². The lowest BCUT2D eigenvalue weighted by Crippen LogP contribution is -2.33. The molecule has 1 saturated heterocycles. The maximum Gasteiger partial charge on any atom is 0.287 e. The van der Waals surface area contributed by atoms with Gasteiger partial charge in [-0.25, -0.2) is 0 Å². The molecule has 0 spiro atoms. The molecule has 1 aliphatic rings. The van der Waals surface area contributed by atoms with Crippen LogP contribution in [0.1, 0.15) is 47.2 Å². The molecule has 1 fully saturated rings. The highest BCUT2D eigenvalue weighted by molar-refractivity contribution is 5.91. The summed E-state index contributed by atoms with van der Waals surface area (Å²) in [5.41, 5.74) is 2.24. The first-order valence-electron chi connectivity index (χ1n) is 10.9. The molecular weight excluding hydrogens is 390 g/mol. The molecular formula is C25H29N3O3. The van der Waals surface area contributed by atoms with Crippen molar-refractivity contribution in [3.8, 4) is 0 Å². The van der Waals surface area contributed by atoms with Crippen molar-refractivity contribution in [3.63, 3.8) is 0 Å². The van der Waals surface area contributed by atoms with Gasteiger partial charge in [-0.3, -0.25) is 14.5 Å². The molecule has 1 aliphatic heterocycles. The van der Waals surface area contributed by atoms with Gasteiger partial charge in [0.25, 0.3) is 11.5 Å². The maximum atomic E-state index is 12.4. The van der Waals surface area contributed by atoms with Crippen molar-refractivity contribution in [2.45, 2.75) is 39.4 Å². The van der Waals surface area contributed by atoms with Crippen LogP contribution < -0.4 is 10.9 Å². The third-order valence-corrected chi connectivity index (χ3v) is 5.73. The van der Waals surface area contributed by atoms with Crippen LogP contribution in [0.2, 0.25) is 0 Å². The normalized spacial score (nSPS) is 16.9. The third-order valence-electron chi connectivity index (χ3n) is 5.73. The molecule has 0 radical (unpaired) electrons. The third kappa shape index (κ3) is 5.73. The van der Waals surface area contributed by atoms with E-state index in [1.807, 2.05) is 0 Å². The number of hydrogen-bond acceptors (Lipinski definition) is 4. The van der Waals surface area contributed by atoms with Crippen molar-refractivity contribution >= 4 is 5.91 Å². The summed E-state index contributed by atoms with van der Waals surface area (Å²) < 4.78 is 7.16. The van der Waals surface area contributed by atoms with Crippen molar-refractivity contribution in [1.29, 1.82) is 0 Å². The average molecular weight is 420 g/mol. The summed E-state index contributed by atoms with van der Waals surface area (Å²) in [6, 6.07) is 16.8. The van der Waals surface area contributed by atoms with Gasteiger partial charge in [-0.2, -0.15) is 0 Å². The van der Waals surface area contributed by atoms with Crippen LogP contribution in [0.5, 0.6) is 0 Å². The van der Waals surface area contributed by atoms with Crippen LogP contribution in [-0.4, -0.2) is 28.5 Å². The molecule has 1 amide bonds. The van der Waals surface area contributed by atoms with Gasteiger partial charge in [0, 0.05) is 31.9 Å². The van der Waals surface area contributed by atoms with Crippen LogP contribution in [0.3, 0.4) is 0 Å². The Balaban J connectivity index is 1.28. The molecule has 2 aromatic heterocycles. The van der Waals surface area contributed by atoms with Gasteiger partial charge in [0.05, 0.1) is 6.54 Å². The molecule has 31 heavy (non-hydrogen) atoms. The molecule has 1 aromatic carbocycles. The second kappa shape index (κ2) is 9.79. The zero-order chi connectivity index (χ0) is 21.6. The number of carbonyl (C=O) groups is 1. The molecule has 0 bridgehead atoms. The highest BCUT2D eigenvalue weighted by atomic mass is 16.4. The number of amides is 1. The zero-order valence-electron chi connectivity index (χ0n) is 17.9. The SMILES string of the molecule is C[C@H]1CCCN(Cc2ccc(CNC(=O)c3ccc(Cn4ccccc4=O)o3)cc2)C1. The highest BCUT2D eigenvalue weighted by Crippen LogP contribution is 2.18. The van der Waals surface area contributed by atoms with Gasteiger partial charge < -0.3 is 14.3 Å². The Labute approximate surface area is 182 Å². The van der Waals surface area contributed by atoms with E-state index in [9.17, 15) is 9.59 Å². The monoisotopic (exact) mass is 419 g/mol. The average Bonchev–Trinajstić information content (AvgIpc) is 3.23. The summed E-state index contributed by atoms with van der Waals surface area (Å²) in [5.74, 6) is 1.32. The molecule has 1 atom stereocenters. The first kappa shape index (κ1) is 21.1. The fourth-order valence-electron chi connectivity index (χ4n) is 4.06. The lowest BCUT2D eigenvalue weighted by atomic mass is 9.99. The summed E-state index contributed by atoms with van der Waals surface area (Å²) in [6.07, 6.45) is 4.30. The molecule has 162 valence electrons. The summed E-state index contributed by atoms with van der Waals surface area (Å²) in [4.78, 5) is 26.8. The first-order chi connectivity index (χ1) is 15.1. The minimum Gasteiger partial charge on any atom is -0.454 e. The number of piperidine rings is 1. The van der Waals surface area contributed by atoms with E-state index < -0.39 is 0 Å². The number of pyridine rings is 1. The Morgan fingerprint density at radius 2 is 1.87 bits per heavy atom. The van der Waals surface area contributed by atoms with Gasteiger partial charge in [0.15, 0.2) is 5.76 Å². The topological polar surface area (TPSA) is 67.5 Å². The minimum atomic E-state index is -0.266. The second-order valence-electron chi connectivity index (χ2n) is 8.41. The van der Waals surface area contributed by atoms with Gasteiger partial charge >= 0.3 is 0 Å². The van der Waals surface area contributed by atoms with Crippen LogP contribution in [-0.2, 0) is 19.6 Å². The van der Waals surface area contributed by atoms with Gasteiger partial charge in [-0.1, -0.05) is 37.3 Å². The zero-order valence-corrected chi connectivity index (χ0v) is 17.9. The van der Waals surface area contributed by atoms with Crippen LogP contribution in [0.15, 0.2) is 70.0 Å². The first-order valence-corrected chi connectivity index (χ1v) is 10.9. The van der Waals surface area contributed by atoms with Crippen molar-refractivity contribution in [2.24, 2.45) is 5.92 Å². The molecule has 1 N–H and O–H groups in total. The molecule has 4 rings (SSSR count). The Morgan fingerprint density at radius 3 is 2.65 bits per heavy atom. The van der Waals surface area contributed by atoms with Crippen molar-refractivity contribution in [1.82, 2.24) is 14.8 Å². The number of aromatic nitrogens is 1. The predicted molar refractivity (Wildman–Crippen MR) is 120 cm³/mol. The van der Waals surface area contributed by atoms with Gasteiger partial charge in [-0.05, 0) is 54.6 Å². The molecule has 3 aromatic rings. The Morgan fingerprint density at radius 1 is 1.06 bits per heavy atom. The number of nitrogens with zero attached hydrogens (tertiary/aromatic N) is 2. The molecule has 0 unspecified atom stereocenters. The van der Waals surface area contributed by atoms with Crippen LogP contribution in [0.4, 0.5) is 0 Å². The number of nitrogens with one attached hydrogen (secondary N) is 1. The maximum absolute atomic E-state index is 12.4.